The lowest BCUT2D eigenvalue weighted by Crippen LogP contribution is -2.38. The predicted octanol–water partition coefficient (Wildman–Crippen LogP) is 3.66. The van der Waals surface area contributed by atoms with Gasteiger partial charge >= 0.3 is 0 Å². The van der Waals surface area contributed by atoms with E-state index in [4.69, 9.17) is 4.74 Å². The lowest BCUT2D eigenvalue weighted by Gasteiger charge is -2.24. The van der Waals surface area contributed by atoms with E-state index in [1.807, 2.05) is 24.0 Å². The van der Waals surface area contributed by atoms with Crippen molar-refractivity contribution in [3.05, 3.63) is 47.3 Å². The first-order valence-electron chi connectivity index (χ1n) is 8.99. The van der Waals surface area contributed by atoms with E-state index in [9.17, 15) is 0 Å². The third-order valence-electron chi connectivity index (χ3n) is 3.70. The summed E-state index contributed by atoms with van der Waals surface area (Å²) in [6.45, 7) is 12.5. The maximum absolute atomic E-state index is 6.11. The number of rotatable bonds is 6. The molecule has 0 fully saturated rings. The molecule has 1 aromatic heterocycles. The van der Waals surface area contributed by atoms with Gasteiger partial charge in [-0.25, -0.2) is 0 Å². The van der Waals surface area contributed by atoms with Crippen LogP contribution in [-0.2, 0) is 13.1 Å². The zero-order valence-corrected chi connectivity index (χ0v) is 19.5. The van der Waals surface area contributed by atoms with E-state index < -0.39 is 0 Å². The fourth-order valence-corrected chi connectivity index (χ4v) is 2.51. The average Bonchev–Trinajstić information content (AvgIpc) is 2.96. The highest BCUT2D eigenvalue weighted by Crippen LogP contribution is 2.24. The van der Waals surface area contributed by atoms with Crippen molar-refractivity contribution >= 4 is 29.9 Å². The molecule has 0 aliphatic rings. The van der Waals surface area contributed by atoms with Gasteiger partial charge in [-0.1, -0.05) is 12.1 Å². The number of guanidine groups is 1. The highest BCUT2D eigenvalue weighted by Gasteiger charge is 2.15. The standard InChI is InChI=1S/C20H31N5O.HI/c1-15-7-8-17(18(11-15)26-20(3,4)5)13-23-19(21-6)22-9-10-25-14-16(2)12-24-25;/h7-8,11-12,14H,9-10,13H2,1-6H3,(H2,21,22,23);1H. The molecule has 2 N–H and O–H groups in total. The van der Waals surface area contributed by atoms with Gasteiger partial charge < -0.3 is 15.4 Å². The highest BCUT2D eigenvalue weighted by molar-refractivity contribution is 14.0. The fraction of sp³-hybridized carbons (Fsp3) is 0.500. The van der Waals surface area contributed by atoms with Crippen LogP contribution >= 0.6 is 24.0 Å². The first-order chi connectivity index (χ1) is 12.3. The van der Waals surface area contributed by atoms with Gasteiger partial charge in [0, 0.05) is 31.9 Å². The molecule has 0 aliphatic heterocycles. The van der Waals surface area contributed by atoms with Crippen molar-refractivity contribution in [1.82, 2.24) is 20.4 Å². The van der Waals surface area contributed by atoms with Gasteiger partial charge in [0.05, 0.1) is 12.7 Å². The molecule has 1 heterocycles. The van der Waals surface area contributed by atoms with Gasteiger partial charge in [-0.2, -0.15) is 5.10 Å². The second-order valence-corrected chi connectivity index (χ2v) is 7.46. The van der Waals surface area contributed by atoms with Gasteiger partial charge in [0.1, 0.15) is 11.4 Å². The molecule has 0 saturated heterocycles. The number of nitrogens with one attached hydrogen (secondary N) is 2. The normalized spacial score (nSPS) is 11.7. The lowest BCUT2D eigenvalue weighted by atomic mass is 10.1. The Morgan fingerprint density at radius 1 is 1.19 bits per heavy atom. The number of aryl methyl sites for hydroxylation is 2. The summed E-state index contributed by atoms with van der Waals surface area (Å²) in [5.41, 5.74) is 3.23. The molecule has 1 aromatic carbocycles. The Kier molecular flexibility index (Phi) is 9.08. The Morgan fingerprint density at radius 2 is 1.93 bits per heavy atom. The van der Waals surface area contributed by atoms with Gasteiger partial charge in [0.15, 0.2) is 5.96 Å². The van der Waals surface area contributed by atoms with Gasteiger partial charge in [-0.15, -0.1) is 24.0 Å². The van der Waals surface area contributed by atoms with E-state index in [0.29, 0.717) is 6.54 Å². The van der Waals surface area contributed by atoms with Gasteiger partial charge in [0.2, 0.25) is 0 Å². The fourth-order valence-electron chi connectivity index (χ4n) is 2.51. The van der Waals surface area contributed by atoms with Crippen molar-refractivity contribution < 1.29 is 4.74 Å². The summed E-state index contributed by atoms with van der Waals surface area (Å²) in [6, 6.07) is 6.28. The lowest BCUT2D eigenvalue weighted by molar-refractivity contribution is 0.129. The summed E-state index contributed by atoms with van der Waals surface area (Å²) < 4.78 is 8.03. The molecule has 2 rings (SSSR count). The molecule has 27 heavy (non-hydrogen) atoms. The summed E-state index contributed by atoms with van der Waals surface area (Å²) >= 11 is 0. The van der Waals surface area contributed by atoms with E-state index >= 15 is 0 Å². The summed E-state index contributed by atoms with van der Waals surface area (Å²) in [7, 11) is 1.77. The van der Waals surface area contributed by atoms with E-state index in [0.717, 1.165) is 30.4 Å². The van der Waals surface area contributed by atoms with E-state index in [2.05, 4.69) is 66.6 Å². The maximum Gasteiger partial charge on any atom is 0.191 e. The minimum atomic E-state index is -0.232. The predicted molar refractivity (Wildman–Crippen MR) is 122 cm³/mol. The second kappa shape index (κ2) is 10.5. The van der Waals surface area contributed by atoms with Crippen LogP contribution in [0.4, 0.5) is 0 Å². The smallest absolute Gasteiger partial charge is 0.191 e. The van der Waals surface area contributed by atoms with Gasteiger partial charge in [0.25, 0.3) is 0 Å². The van der Waals surface area contributed by atoms with Crippen LogP contribution in [0.1, 0.15) is 37.5 Å². The maximum atomic E-state index is 6.11. The zero-order valence-electron chi connectivity index (χ0n) is 17.2. The molecule has 0 bridgehead atoms. The molecule has 6 nitrogen and oxygen atoms in total. The molecule has 0 saturated carbocycles. The molecule has 7 heteroatoms. The van der Waals surface area contributed by atoms with Crippen LogP contribution < -0.4 is 15.4 Å². The van der Waals surface area contributed by atoms with Crippen molar-refractivity contribution in [1.29, 1.82) is 0 Å². The number of nitrogens with zero attached hydrogens (tertiary/aromatic N) is 3. The molecule has 0 spiro atoms. The SMILES string of the molecule is CN=C(NCCn1cc(C)cn1)NCc1ccc(C)cc1OC(C)(C)C.I. The molecule has 0 atom stereocenters. The summed E-state index contributed by atoms with van der Waals surface area (Å²) in [5.74, 6) is 1.67. The topological polar surface area (TPSA) is 63.5 Å². The van der Waals surface area contributed by atoms with Crippen molar-refractivity contribution in [2.24, 2.45) is 4.99 Å². The van der Waals surface area contributed by atoms with Crippen molar-refractivity contribution in [2.45, 2.75) is 53.3 Å². The summed E-state index contributed by atoms with van der Waals surface area (Å²) in [6.07, 6.45) is 3.89. The van der Waals surface area contributed by atoms with Crippen LogP contribution in [0.3, 0.4) is 0 Å². The molecular formula is C20H32IN5O. The van der Waals surface area contributed by atoms with E-state index in [1.54, 1.807) is 7.05 Å². The molecule has 0 amide bonds. The van der Waals surface area contributed by atoms with Crippen LogP contribution in [-0.4, -0.2) is 34.9 Å². The monoisotopic (exact) mass is 485 g/mol. The number of benzene rings is 1. The number of hydrogen-bond acceptors (Lipinski definition) is 3. The molecular weight excluding hydrogens is 453 g/mol. The zero-order chi connectivity index (χ0) is 19.2. The first-order valence-corrected chi connectivity index (χ1v) is 8.99. The Morgan fingerprint density at radius 3 is 2.52 bits per heavy atom. The first kappa shape index (κ1) is 23.3. The minimum Gasteiger partial charge on any atom is -0.488 e. The number of aliphatic imine (C=N–C) groups is 1. The van der Waals surface area contributed by atoms with Gasteiger partial charge in [-0.05, 0) is 51.8 Å². The van der Waals surface area contributed by atoms with Gasteiger partial charge in [-0.3, -0.25) is 9.67 Å². The summed E-state index contributed by atoms with van der Waals surface area (Å²) in [5, 5.41) is 11.0. The van der Waals surface area contributed by atoms with Crippen LogP contribution in [0.25, 0.3) is 0 Å². The third-order valence-corrected chi connectivity index (χ3v) is 3.70. The van der Waals surface area contributed by atoms with E-state index in [-0.39, 0.29) is 29.6 Å². The Labute approximate surface area is 179 Å². The molecule has 150 valence electrons. The minimum absolute atomic E-state index is 0. The number of halogens is 1. The molecule has 2 aromatic rings. The Bertz CT molecular complexity index is 749. The van der Waals surface area contributed by atoms with Crippen molar-refractivity contribution in [2.75, 3.05) is 13.6 Å². The molecule has 0 aliphatic carbocycles. The largest absolute Gasteiger partial charge is 0.488 e. The van der Waals surface area contributed by atoms with Crippen LogP contribution in [0.5, 0.6) is 5.75 Å². The molecule has 0 unspecified atom stereocenters. The quantitative estimate of drug-likeness (QED) is 0.373. The van der Waals surface area contributed by atoms with Crippen LogP contribution in [0, 0.1) is 13.8 Å². The Balaban J connectivity index is 0.00000364. The molecule has 0 radical (unpaired) electrons. The van der Waals surface area contributed by atoms with Crippen molar-refractivity contribution in [3.63, 3.8) is 0 Å². The second-order valence-electron chi connectivity index (χ2n) is 7.46. The average molecular weight is 485 g/mol. The van der Waals surface area contributed by atoms with Crippen LogP contribution in [0.2, 0.25) is 0 Å². The van der Waals surface area contributed by atoms with E-state index in [1.165, 1.54) is 11.1 Å². The number of aromatic nitrogens is 2. The highest BCUT2D eigenvalue weighted by atomic mass is 127. The Hall–Kier alpha value is -1.77. The van der Waals surface area contributed by atoms with Crippen molar-refractivity contribution in [3.8, 4) is 5.75 Å². The third kappa shape index (κ3) is 8.19. The number of ether oxygens (including phenoxy) is 1. The number of hydrogen-bond donors (Lipinski definition) is 2. The summed E-state index contributed by atoms with van der Waals surface area (Å²) in [4.78, 5) is 4.29. The van der Waals surface area contributed by atoms with Crippen LogP contribution in [0.15, 0.2) is 35.6 Å².